The van der Waals surface area contributed by atoms with Gasteiger partial charge in [0, 0.05) is 16.4 Å². The Labute approximate surface area is 86.3 Å². The van der Waals surface area contributed by atoms with E-state index in [-0.39, 0.29) is 0 Å². The van der Waals surface area contributed by atoms with E-state index in [2.05, 4.69) is 0 Å². The fraction of sp³-hybridized carbons (Fsp3) is 0.500. The second kappa shape index (κ2) is 3.37. The van der Waals surface area contributed by atoms with Gasteiger partial charge in [-0.1, -0.05) is 0 Å². The molecular formula is C10H12O3S. The average Bonchev–Trinajstić information content (AvgIpc) is 2.71. The van der Waals surface area contributed by atoms with Gasteiger partial charge in [0.1, 0.15) is 5.41 Å². The lowest BCUT2D eigenvalue weighted by atomic mass is 9.86. The van der Waals surface area contributed by atoms with E-state index in [4.69, 9.17) is 4.74 Å². The summed E-state index contributed by atoms with van der Waals surface area (Å²) in [6, 6.07) is 3.87. The van der Waals surface area contributed by atoms with Crippen molar-refractivity contribution in [2.24, 2.45) is 0 Å². The van der Waals surface area contributed by atoms with E-state index in [9.17, 15) is 9.90 Å². The fourth-order valence-electron chi connectivity index (χ4n) is 1.73. The van der Waals surface area contributed by atoms with Gasteiger partial charge in [0.25, 0.3) is 0 Å². The molecule has 76 valence electrons. The summed E-state index contributed by atoms with van der Waals surface area (Å²) in [5.41, 5.74) is -0.779. The topological polar surface area (TPSA) is 46.5 Å². The molecule has 1 N–H and O–H groups in total. The highest BCUT2D eigenvalue weighted by Crippen LogP contribution is 2.37. The van der Waals surface area contributed by atoms with E-state index in [0.29, 0.717) is 19.6 Å². The second-order valence-corrected chi connectivity index (χ2v) is 4.89. The van der Waals surface area contributed by atoms with E-state index in [1.165, 1.54) is 0 Å². The second-order valence-electron chi connectivity index (χ2n) is 3.60. The van der Waals surface area contributed by atoms with Crippen LogP contribution in [0.15, 0.2) is 12.1 Å². The van der Waals surface area contributed by atoms with Crippen molar-refractivity contribution in [1.82, 2.24) is 0 Å². The Kier molecular flexibility index (Phi) is 2.33. The van der Waals surface area contributed by atoms with Gasteiger partial charge in [-0.2, -0.15) is 0 Å². The molecule has 1 fully saturated rings. The van der Waals surface area contributed by atoms with Crippen LogP contribution in [-0.4, -0.2) is 24.3 Å². The molecule has 1 aliphatic heterocycles. The van der Waals surface area contributed by atoms with Crippen molar-refractivity contribution in [3.05, 3.63) is 21.9 Å². The Hall–Kier alpha value is -0.870. The van der Waals surface area contributed by atoms with Crippen LogP contribution in [0.1, 0.15) is 16.2 Å². The highest BCUT2D eigenvalue weighted by molar-refractivity contribution is 7.12. The van der Waals surface area contributed by atoms with Crippen molar-refractivity contribution >= 4 is 17.3 Å². The summed E-state index contributed by atoms with van der Waals surface area (Å²) in [5, 5.41) is 9.25. The lowest BCUT2D eigenvalue weighted by Gasteiger charge is -2.19. The van der Waals surface area contributed by atoms with E-state index < -0.39 is 11.4 Å². The molecular weight excluding hydrogens is 200 g/mol. The molecule has 0 aliphatic carbocycles. The minimum atomic E-state index is -0.779. The Bertz CT molecular complexity index is 350. The van der Waals surface area contributed by atoms with E-state index in [1.807, 2.05) is 19.1 Å². The molecule has 1 saturated heterocycles. The minimum absolute atomic E-state index is 0.308. The lowest BCUT2D eigenvalue weighted by Crippen LogP contribution is -2.35. The molecule has 2 heterocycles. The predicted molar refractivity (Wildman–Crippen MR) is 53.8 cm³/mol. The maximum Gasteiger partial charge on any atom is 0.317 e. The van der Waals surface area contributed by atoms with Gasteiger partial charge in [0.05, 0.1) is 6.61 Å². The fourth-order valence-corrected chi connectivity index (χ4v) is 2.79. The molecule has 1 atom stereocenters. The summed E-state index contributed by atoms with van der Waals surface area (Å²) in [6.07, 6.45) is 0.586. The number of ether oxygens (including phenoxy) is 1. The molecule has 0 radical (unpaired) electrons. The van der Waals surface area contributed by atoms with Crippen molar-refractivity contribution in [3.8, 4) is 0 Å². The number of thiophene rings is 1. The number of aliphatic carboxylic acids is 1. The van der Waals surface area contributed by atoms with Crippen LogP contribution in [0.4, 0.5) is 0 Å². The van der Waals surface area contributed by atoms with E-state index in [1.54, 1.807) is 11.3 Å². The Balaban J connectivity index is 2.41. The van der Waals surface area contributed by atoms with Crippen molar-refractivity contribution in [1.29, 1.82) is 0 Å². The Morgan fingerprint density at radius 1 is 1.64 bits per heavy atom. The standard InChI is InChI=1S/C10H12O3S/c1-7-2-3-8(14-7)10(9(11)12)4-5-13-6-10/h2-3H,4-6H2,1H3,(H,11,12). The molecule has 1 aromatic heterocycles. The van der Waals surface area contributed by atoms with Crippen LogP contribution in [0.2, 0.25) is 0 Å². The summed E-state index contributed by atoms with van der Waals surface area (Å²) in [4.78, 5) is 13.3. The normalized spacial score (nSPS) is 26.6. The SMILES string of the molecule is Cc1ccc(C2(C(=O)O)CCOC2)s1. The van der Waals surface area contributed by atoms with Gasteiger partial charge in [0.15, 0.2) is 0 Å². The van der Waals surface area contributed by atoms with Crippen molar-refractivity contribution < 1.29 is 14.6 Å². The van der Waals surface area contributed by atoms with Crippen LogP contribution in [0.5, 0.6) is 0 Å². The molecule has 1 aromatic rings. The molecule has 0 bridgehead atoms. The summed E-state index contributed by atoms with van der Waals surface area (Å²) >= 11 is 1.55. The van der Waals surface area contributed by atoms with Crippen molar-refractivity contribution in [3.63, 3.8) is 0 Å². The molecule has 2 rings (SSSR count). The number of rotatable bonds is 2. The molecule has 0 spiro atoms. The quantitative estimate of drug-likeness (QED) is 0.813. The first-order valence-electron chi connectivity index (χ1n) is 4.53. The number of hydrogen-bond acceptors (Lipinski definition) is 3. The van der Waals surface area contributed by atoms with Crippen LogP contribution in [-0.2, 0) is 14.9 Å². The smallest absolute Gasteiger partial charge is 0.317 e. The van der Waals surface area contributed by atoms with Crippen LogP contribution in [0.3, 0.4) is 0 Å². The van der Waals surface area contributed by atoms with Gasteiger partial charge in [-0.3, -0.25) is 4.79 Å². The third-order valence-corrected chi connectivity index (χ3v) is 3.85. The van der Waals surface area contributed by atoms with Gasteiger partial charge in [-0.15, -0.1) is 11.3 Å². The molecule has 0 aromatic carbocycles. The highest BCUT2D eigenvalue weighted by atomic mass is 32.1. The van der Waals surface area contributed by atoms with Gasteiger partial charge >= 0.3 is 5.97 Å². The molecule has 1 unspecified atom stereocenters. The molecule has 0 saturated carbocycles. The molecule has 14 heavy (non-hydrogen) atoms. The van der Waals surface area contributed by atoms with E-state index in [0.717, 1.165) is 9.75 Å². The molecule has 0 amide bonds. The molecule has 3 nitrogen and oxygen atoms in total. The number of hydrogen-bond donors (Lipinski definition) is 1. The third-order valence-electron chi connectivity index (χ3n) is 2.64. The lowest BCUT2D eigenvalue weighted by molar-refractivity contribution is -0.143. The average molecular weight is 212 g/mol. The van der Waals surface area contributed by atoms with Gasteiger partial charge in [0.2, 0.25) is 0 Å². The number of carboxylic acids is 1. The minimum Gasteiger partial charge on any atom is -0.480 e. The number of aryl methyl sites for hydroxylation is 1. The van der Waals surface area contributed by atoms with Crippen LogP contribution < -0.4 is 0 Å². The maximum absolute atomic E-state index is 11.3. The Morgan fingerprint density at radius 3 is 2.86 bits per heavy atom. The summed E-state index contributed by atoms with van der Waals surface area (Å²) in [6.45, 7) is 2.84. The summed E-state index contributed by atoms with van der Waals surface area (Å²) in [7, 11) is 0. The first-order chi connectivity index (χ1) is 6.65. The monoisotopic (exact) mass is 212 g/mol. The summed E-state index contributed by atoms with van der Waals surface area (Å²) < 4.78 is 5.21. The van der Waals surface area contributed by atoms with Crippen molar-refractivity contribution in [2.75, 3.05) is 13.2 Å². The number of carbonyl (C=O) groups is 1. The van der Waals surface area contributed by atoms with Gasteiger partial charge in [-0.05, 0) is 25.5 Å². The first-order valence-corrected chi connectivity index (χ1v) is 5.35. The maximum atomic E-state index is 11.3. The zero-order valence-corrected chi connectivity index (χ0v) is 8.76. The molecule has 1 aliphatic rings. The highest BCUT2D eigenvalue weighted by Gasteiger charge is 2.45. The summed E-state index contributed by atoms with van der Waals surface area (Å²) in [5.74, 6) is -0.767. The zero-order chi connectivity index (χ0) is 10.2. The van der Waals surface area contributed by atoms with E-state index >= 15 is 0 Å². The zero-order valence-electron chi connectivity index (χ0n) is 7.95. The largest absolute Gasteiger partial charge is 0.480 e. The van der Waals surface area contributed by atoms with Crippen LogP contribution in [0.25, 0.3) is 0 Å². The van der Waals surface area contributed by atoms with Crippen LogP contribution in [0, 0.1) is 6.92 Å². The molecule has 4 heteroatoms. The first kappa shape index (κ1) is 9.68. The predicted octanol–water partition coefficient (Wildman–Crippen LogP) is 1.80. The number of carboxylic acid groups (broad SMARTS) is 1. The van der Waals surface area contributed by atoms with Crippen molar-refractivity contribution in [2.45, 2.75) is 18.8 Å². The Morgan fingerprint density at radius 2 is 2.43 bits per heavy atom. The van der Waals surface area contributed by atoms with Crippen LogP contribution >= 0.6 is 11.3 Å². The van der Waals surface area contributed by atoms with Gasteiger partial charge in [-0.25, -0.2) is 0 Å². The van der Waals surface area contributed by atoms with Gasteiger partial charge < -0.3 is 9.84 Å². The third kappa shape index (κ3) is 1.35.